The summed E-state index contributed by atoms with van der Waals surface area (Å²) in [6.45, 7) is 1.51. The van der Waals surface area contributed by atoms with Crippen molar-refractivity contribution in [2.24, 2.45) is 0 Å². The Morgan fingerprint density at radius 2 is 1.62 bits per heavy atom. The van der Waals surface area contributed by atoms with Gasteiger partial charge in [0.05, 0.1) is 25.1 Å². The molecule has 0 spiro atoms. The standard InChI is InChI=1S/C22H23NO3/c1-25-15-13-23(16-18-12-14-26-17-18)22(24)21(19-8-4-2-5-9-19)20-10-6-3-7-11-20/h2-12,14,17,21H,13,15-16H2,1H3. The maximum Gasteiger partial charge on any atom is 0.234 e. The van der Waals surface area contributed by atoms with Crippen molar-refractivity contribution in [2.45, 2.75) is 12.5 Å². The molecule has 4 nitrogen and oxygen atoms in total. The van der Waals surface area contributed by atoms with Crippen LogP contribution in [-0.4, -0.2) is 31.1 Å². The van der Waals surface area contributed by atoms with E-state index in [4.69, 9.17) is 9.15 Å². The van der Waals surface area contributed by atoms with Crippen molar-refractivity contribution in [3.05, 3.63) is 95.9 Å². The van der Waals surface area contributed by atoms with Gasteiger partial charge in [0, 0.05) is 25.8 Å². The molecule has 3 rings (SSSR count). The number of furan rings is 1. The first-order valence-corrected chi connectivity index (χ1v) is 8.68. The highest BCUT2D eigenvalue weighted by Crippen LogP contribution is 2.27. The van der Waals surface area contributed by atoms with Crippen LogP contribution in [0, 0.1) is 0 Å². The van der Waals surface area contributed by atoms with Crippen molar-refractivity contribution in [1.29, 1.82) is 0 Å². The molecule has 26 heavy (non-hydrogen) atoms. The van der Waals surface area contributed by atoms with Crippen LogP contribution in [0.15, 0.2) is 83.7 Å². The minimum absolute atomic E-state index is 0.0562. The van der Waals surface area contributed by atoms with Crippen molar-refractivity contribution < 1.29 is 13.9 Å². The quantitative estimate of drug-likeness (QED) is 0.615. The second-order valence-corrected chi connectivity index (χ2v) is 6.14. The Kier molecular flexibility index (Phi) is 6.23. The van der Waals surface area contributed by atoms with Crippen molar-refractivity contribution in [1.82, 2.24) is 4.90 Å². The molecule has 4 heteroatoms. The van der Waals surface area contributed by atoms with E-state index in [1.807, 2.05) is 71.6 Å². The average molecular weight is 349 g/mol. The molecule has 0 unspecified atom stereocenters. The summed E-state index contributed by atoms with van der Waals surface area (Å²) in [6, 6.07) is 21.7. The molecule has 0 aliphatic carbocycles. The maximum atomic E-state index is 13.5. The fraction of sp³-hybridized carbons (Fsp3) is 0.227. The fourth-order valence-electron chi connectivity index (χ4n) is 3.02. The zero-order valence-corrected chi connectivity index (χ0v) is 14.9. The van der Waals surface area contributed by atoms with E-state index in [1.54, 1.807) is 19.6 Å². The molecule has 0 aliphatic rings. The van der Waals surface area contributed by atoms with Gasteiger partial charge in [-0.05, 0) is 17.2 Å². The zero-order valence-electron chi connectivity index (χ0n) is 14.9. The van der Waals surface area contributed by atoms with Crippen LogP contribution >= 0.6 is 0 Å². The SMILES string of the molecule is COCCN(Cc1ccoc1)C(=O)C(c1ccccc1)c1ccccc1. The van der Waals surface area contributed by atoms with Crippen LogP contribution in [0.4, 0.5) is 0 Å². The number of ether oxygens (including phenoxy) is 1. The first-order valence-electron chi connectivity index (χ1n) is 8.68. The van der Waals surface area contributed by atoms with Gasteiger partial charge in [-0.25, -0.2) is 0 Å². The Bertz CT molecular complexity index is 745. The van der Waals surface area contributed by atoms with Gasteiger partial charge < -0.3 is 14.1 Å². The second kappa shape index (κ2) is 9.02. The second-order valence-electron chi connectivity index (χ2n) is 6.14. The van der Waals surface area contributed by atoms with Crippen LogP contribution in [0.2, 0.25) is 0 Å². The van der Waals surface area contributed by atoms with Crippen molar-refractivity contribution in [3.8, 4) is 0 Å². The lowest BCUT2D eigenvalue weighted by Gasteiger charge is -2.27. The summed E-state index contributed by atoms with van der Waals surface area (Å²) in [6.07, 6.45) is 3.30. The van der Waals surface area contributed by atoms with E-state index in [0.717, 1.165) is 16.7 Å². The minimum Gasteiger partial charge on any atom is -0.472 e. The molecular weight excluding hydrogens is 326 g/mol. The number of methoxy groups -OCH3 is 1. The van der Waals surface area contributed by atoms with E-state index >= 15 is 0 Å². The van der Waals surface area contributed by atoms with Gasteiger partial charge in [0.25, 0.3) is 0 Å². The molecule has 0 bridgehead atoms. The van der Waals surface area contributed by atoms with Crippen molar-refractivity contribution in [3.63, 3.8) is 0 Å². The van der Waals surface area contributed by atoms with Gasteiger partial charge in [-0.15, -0.1) is 0 Å². The third kappa shape index (κ3) is 4.41. The molecule has 3 aromatic rings. The molecule has 2 aromatic carbocycles. The van der Waals surface area contributed by atoms with E-state index in [9.17, 15) is 4.79 Å². The maximum absolute atomic E-state index is 13.5. The van der Waals surface area contributed by atoms with Gasteiger partial charge in [0.1, 0.15) is 0 Å². The van der Waals surface area contributed by atoms with Gasteiger partial charge in [-0.2, -0.15) is 0 Å². The smallest absolute Gasteiger partial charge is 0.234 e. The molecule has 0 saturated heterocycles. The van der Waals surface area contributed by atoms with E-state index in [0.29, 0.717) is 19.7 Å². The topological polar surface area (TPSA) is 42.7 Å². The summed E-state index contributed by atoms with van der Waals surface area (Å²) >= 11 is 0. The number of hydrogen-bond acceptors (Lipinski definition) is 3. The van der Waals surface area contributed by atoms with Crippen molar-refractivity contribution >= 4 is 5.91 Å². The molecule has 0 fully saturated rings. The highest BCUT2D eigenvalue weighted by atomic mass is 16.5. The first-order chi connectivity index (χ1) is 12.8. The molecule has 0 saturated carbocycles. The highest BCUT2D eigenvalue weighted by molar-refractivity contribution is 5.87. The Morgan fingerprint density at radius 3 is 2.12 bits per heavy atom. The van der Waals surface area contributed by atoms with Crippen LogP contribution in [0.25, 0.3) is 0 Å². The molecule has 0 aliphatic heterocycles. The Labute approximate surface area is 154 Å². The summed E-state index contributed by atoms with van der Waals surface area (Å²) in [5.41, 5.74) is 2.94. The third-order valence-corrected chi connectivity index (χ3v) is 4.34. The van der Waals surface area contributed by atoms with Gasteiger partial charge in [-0.3, -0.25) is 4.79 Å². The fourth-order valence-corrected chi connectivity index (χ4v) is 3.02. The van der Waals surface area contributed by atoms with Crippen LogP contribution in [0.3, 0.4) is 0 Å². The number of nitrogens with zero attached hydrogens (tertiary/aromatic N) is 1. The lowest BCUT2D eigenvalue weighted by Crippen LogP contribution is -2.37. The van der Waals surface area contributed by atoms with E-state index in [2.05, 4.69) is 0 Å². The number of amides is 1. The van der Waals surface area contributed by atoms with Crippen LogP contribution < -0.4 is 0 Å². The molecule has 1 amide bonds. The monoisotopic (exact) mass is 349 g/mol. The highest BCUT2D eigenvalue weighted by Gasteiger charge is 2.27. The number of rotatable bonds is 8. The normalized spacial score (nSPS) is 10.8. The zero-order chi connectivity index (χ0) is 18.2. The Balaban J connectivity index is 1.93. The molecule has 1 heterocycles. The van der Waals surface area contributed by atoms with Crippen molar-refractivity contribution in [2.75, 3.05) is 20.3 Å². The van der Waals surface area contributed by atoms with Gasteiger partial charge in [0.2, 0.25) is 5.91 Å². The Morgan fingerprint density at radius 1 is 1.00 bits per heavy atom. The van der Waals surface area contributed by atoms with Gasteiger partial charge in [-0.1, -0.05) is 60.7 Å². The van der Waals surface area contributed by atoms with E-state index < -0.39 is 0 Å². The molecule has 0 atom stereocenters. The van der Waals surface area contributed by atoms with Gasteiger partial charge in [0.15, 0.2) is 0 Å². The largest absolute Gasteiger partial charge is 0.472 e. The van der Waals surface area contributed by atoms with E-state index in [1.165, 1.54) is 0 Å². The number of carbonyl (C=O) groups is 1. The van der Waals surface area contributed by atoms with Crippen LogP contribution in [0.5, 0.6) is 0 Å². The molecule has 0 radical (unpaired) electrons. The molecule has 1 aromatic heterocycles. The third-order valence-electron chi connectivity index (χ3n) is 4.34. The predicted octanol–water partition coefficient (Wildman–Crippen LogP) is 4.09. The van der Waals surface area contributed by atoms with Gasteiger partial charge >= 0.3 is 0 Å². The minimum atomic E-state index is -0.346. The summed E-state index contributed by atoms with van der Waals surface area (Å²) in [5, 5.41) is 0. The molecular formula is C22H23NO3. The first kappa shape index (κ1) is 18.0. The molecule has 0 N–H and O–H groups in total. The predicted molar refractivity (Wildman–Crippen MR) is 101 cm³/mol. The lowest BCUT2D eigenvalue weighted by molar-refractivity contribution is -0.133. The summed E-state index contributed by atoms with van der Waals surface area (Å²) in [7, 11) is 1.65. The number of benzene rings is 2. The summed E-state index contributed by atoms with van der Waals surface area (Å²) in [4.78, 5) is 15.3. The molecule has 134 valence electrons. The number of carbonyl (C=O) groups excluding carboxylic acids is 1. The summed E-state index contributed by atoms with van der Waals surface area (Å²) < 4.78 is 10.4. The summed E-state index contributed by atoms with van der Waals surface area (Å²) in [5.74, 6) is -0.290. The van der Waals surface area contributed by atoms with Crippen LogP contribution in [-0.2, 0) is 16.1 Å². The lowest BCUT2D eigenvalue weighted by atomic mass is 9.90. The van der Waals surface area contributed by atoms with E-state index in [-0.39, 0.29) is 11.8 Å². The van der Waals surface area contributed by atoms with Crippen LogP contribution in [0.1, 0.15) is 22.6 Å². The average Bonchev–Trinajstić information content (AvgIpc) is 3.20. The Hall–Kier alpha value is -2.85. The number of hydrogen-bond donors (Lipinski definition) is 0.